The van der Waals surface area contributed by atoms with Crippen molar-refractivity contribution in [2.45, 2.75) is 19.4 Å². The number of aliphatic hydroxyl groups excluding tert-OH is 1. The molecule has 3 rings (SSSR count). The lowest BCUT2D eigenvalue weighted by atomic mass is 10.1. The first kappa shape index (κ1) is 19.8. The molecule has 0 fully saturated rings. The van der Waals surface area contributed by atoms with Gasteiger partial charge in [0.05, 0.1) is 0 Å². The molecule has 6 heteroatoms. The lowest BCUT2D eigenvalue weighted by Gasteiger charge is -2.06. The van der Waals surface area contributed by atoms with E-state index < -0.39 is 5.91 Å². The van der Waals surface area contributed by atoms with Crippen LogP contribution in [-0.2, 0) is 24.2 Å². The van der Waals surface area contributed by atoms with Crippen molar-refractivity contribution >= 4 is 22.9 Å². The van der Waals surface area contributed by atoms with Crippen molar-refractivity contribution in [2.75, 3.05) is 13.2 Å². The Bertz CT molecular complexity index is 945. The van der Waals surface area contributed by atoms with E-state index in [0.717, 1.165) is 41.8 Å². The summed E-state index contributed by atoms with van der Waals surface area (Å²) in [7, 11) is 0. The van der Waals surface area contributed by atoms with E-state index in [1.165, 1.54) is 17.0 Å². The lowest BCUT2D eigenvalue weighted by molar-refractivity contribution is -0.124. The summed E-state index contributed by atoms with van der Waals surface area (Å²) in [6.07, 6.45) is 4.50. The van der Waals surface area contributed by atoms with Crippen molar-refractivity contribution in [3.05, 3.63) is 77.0 Å². The molecule has 0 unspecified atom stereocenters. The average Bonchev–Trinajstić information content (AvgIpc) is 3.12. The first-order valence-corrected chi connectivity index (χ1v) is 9.31. The molecule has 5 N–H and O–H groups in total. The van der Waals surface area contributed by atoms with E-state index in [-0.39, 0.29) is 6.61 Å². The molecule has 1 amide bonds. The molecular formula is C22H25N3O3. The number of amides is 1. The number of rotatable bonds is 9. The summed E-state index contributed by atoms with van der Waals surface area (Å²) in [5.74, 6) is -0.548. The van der Waals surface area contributed by atoms with Gasteiger partial charge in [0, 0.05) is 36.9 Å². The summed E-state index contributed by atoms with van der Waals surface area (Å²) in [5.41, 5.74) is 7.06. The van der Waals surface area contributed by atoms with Crippen LogP contribution in [0.15, 0.2) is 54.6 Å². The maximum atomic E-state index is 11.0. The number of aromatic nitrogens is 1. The predicted molar refractivity (Wildman–Crippen MR) is 110 cm³/mol. The Labute approximate surface area is 163 Å². The van der Waals surface area contributed by atoms with E-state index in [1.54, 1.807) is 11.6 Å². The summed E-state index contributed by atoms with van der Waals surface area (Å²) in [6.45, 7) is 1.79. The van der Waals surface area contributed by atoms with Crippen LogP contribution in [-0.4, -0.2) is 34.4 Å². The third-order valence-electron chi connectivity index (χ3n) is 4.56. The van der Waals surface area contributed by atoms with Gasteiger partial charge >= 0.3 is 0 Å². The Morgan fingerprint density at radius 2 is 1.82 bits per heavy atom. The van der Waals surface area contributed by atoms with Crippen molar-refractivity contribution in [3.63, 3.8) is 0 Å². The van der Waals surface area contributed by atoms with Crippen molar-refractivity contribution < 1.29 is 15.1 Å². The largest absolute Gasteiger partial charge is 0.396 e. The van der Waals surface area contributed by atoms with Gasteiger partial charge in [0.15, 0.2) is 0 Å². The molecule has 0 aliphatic heterocycles. The third kappa shape index (κ3) is 5.53. The molecule has 0 bridgehead atoms. The molecule has 1 heterocycles. The smallest absolute Gasteiger partial charge is 0.267 e. The molecule has 146 valence electrons. The standard InChI is InChI=1S/C22H25N3O3/c26-12-10-20-14-19-7-5-17(13-21(19)24-20)9-11-23-15-18-3-1-16(2-4-18)6-8-22(27)25-28/h1-8,13-14,23-24,26,28H,9-12,15H2,(H,25,27)/b8-6+. The maximum absolute atomic E-state index is 11.0. The number of H-pyrrole nitrogens is 1. The number of benzene rings is 2. The topological polar surface area (TPSA) is 97.4 Å². The lowest BCUT2D eigenvalue weighted by Crippen LogP contribution is -2.16. The minimum Gasteiger partial charge on any atom is -0.396 e. The number of hydroxylamine groups is 1. The van der Waals surface area contributed by atoms with Crippen LogP contribution in [0.2, 0.25) is 0 Å². The predicted octanol–water partition coefficient (Wildman–Crippen LogP) is 2.55. The number of hydrogen-bond acceptors (Lipinski definition) is 4. The Kier molecular flexibility index (Phi) is 6.97. The number of aliphatic hydroxyl groups is 1. The van der Waals surface area contributed by atoms with Gasteiger partial charge in [-0.1, -0.05) is 36.4 Å². The zero-order chi connectivity index (χ0) is 19.8. The normalized spacial score (nSPS) is 11.4. The molecule has 0 aliphatic rings. The van der Waals surface area contributed by atoms with Gasteiger partial charge in [0.2, 0.25) is 0 Å². The van der Waals surface area contributed by atoms with Gasteiger partial charge in [-0.3, -0.25) is 10.0 Å². The molecular weight excluding hydrogens is 354 g/mol. The zero-order valence-corrected chi connectivity index (χ0v) is 15.6. The molecule has 6 nitrogen and oxygen atoms in total. The van der Waals surface area contributed by atoms with Crippen LogP contribution in [0.3, 0.4) is 0 Å². The average molecular weight is 379 g/mol. The molecule has 0 atom stereocenters. The number of carbonyl (C=O) groups excluding carboxylic acids is 1. The van der Waals surface area contributed by atoms with E-state index in [9.17, 15) is 4.79 Å². The van der Waals surface area contributed by atoms with Crippen LogP contribution in [0.4, 0.5) is 0 Å². The number of aromatic amines is 1. The first-order chi connectivity index (χ1) is 13.7. The highest BCUT2D eigenvalue weighted by Crippen LogP contribution is 2.18. The molecule has 28 heavy (non-hydrogen) atoms. The highest BCUT2D eigenvalue weighted by Gasteiger charge is 2.02. The second kappa shape index (κ2) is 9.85. The van der Waals surface area contributed by atoms with Crippen LogP contribution >= 0.6 is 0 Å². The molecule has 2 aromatic carbocycles. The van der Waals surface area contributed by atoms with E-state index in [4.69, 9.17) is 10.3 Å². The van der Waals surface area contributed by atoms with Crippen molar-refractivity contribution in [2.24, 2.45) is 0 Å². The summed E-state index contributed by atoms with van der Waals surface area (Å²) in [4.78, 5) is 14.3. The van der Waals surface area contributed by atoms with Gasteiger partial charge in [-0.25, -0.2) is 5.48 Å². The SMILES string of the molecule is O=C(/C=C/c1ccc(CNCCc2ccc3cc(CCO)[nH]c3c2)cc1)NO. The van der Waals surface area contributed by atoms with E-state index in [2.05, 4.69) is 34.6 Å². The maximum Gasteiger partial charge on any atom is 0.267 e. The van der Waals surface area contributed by atoms with Gasteiger partial charge in [-0.15, -0.1) is 0 Å². The molecule has 0 radical (unpaired) electrons. The second-order valence-corrected chi connectivity index (χ2v) is 6.67. The van der Waals surface area contributed by atoms with Crippen LogP contribution in [0.1, 0.15) is 22.4 Å². The van der Waals surface area contributed by atoms with Crippen molar-refractivity contribution in [3.8, 4) is 0 Å². The van der Waals surface area contributed by atoms with E-state index in [0.29, 0.717) is 6.42 Å². The summed E-state index contributed by atoms with van der Waals surface area (Å²) < 4.78 is 0. The molecule has 0 saturated carbocycles. The van der Waals surface area contributed by atoms with Gasteiger partial charge in [-0.05, 0) is 53.3 Å². The highest BCUT2D eigenvalue weighted by molar-refractivity contribution is 5.90. The monoisotopic (exact) mass is 379 g/mol. The molecule has 0 spiro atoms. The fraction of sp³-hybridized carbons (Fsp3) is 0.227. The minimum absolute atomic E-state index is 0.152. The van der Waals surface area contributed by atoms with Gasteiger partial charge in [-0.2, -0.15) is 0 Å². The number of hydrogen-bond donors (Lipinski definition) is 5. The van der Waals surface area contributed by atoms with Gasteiger partial charge in [0.1, 0.15) is 0 Å². The van der Waals surface area contributed by atoms with Crippen LogP contribution in [0.25, 0.3) is 17.0 Å². The Balaban J connectivity index is 1.47. The number of carbonyl (C=O) groups is 1. The summed E-state index contributed by atoms with van der Waals surface area (Å²) >= 11 is 0. The molecule has 0 aliphatic carbocycles. The molecule has 3 aromatic rings. The zero-order valence-electron chi connectivity index (χ0n) is 15.6. The summed E-state index contributed by atoms with van der Waals surface area (Å²) in [5, 5.41) is 22.1. The Hall–Kier alpha value is -2.93. The highest BCUT2D eigenvalue weighted by atomic mass is 16.5. The fourth-order valence-electron chi connectivity index (χ4n) is 3.07. The Morgan fingerprint density at radius 1 is 1.04 bits per heavy atom. The van der Waals surface area contributed by atoms with Crippen molar-refractivity contribution in [1.29, 1.82) is 0 Å². The minimum atomic E-state index is -0.548. The first-order valence-electron chi connectivity index (χ1n) is 9.31. The Morgan fingerprint density at radius 3 is 2.57 bits per heavy atom. The number of fused-ring (bicyclic) bond motifs is 1. The quantitative estimate of drug-likeness (QED) is 0.171. The molecule has 1 aromatic heterocycles. The van der Waals surface area contributed by atoms with Crippen LogP contribution < -0.4 is 10.8 Å². The number of nitrogens with one attached hydrogen (secondary N) is 3. The summed E-state index contributed by atoms with van der Waals surface area (Å²) in [6, 6.07) is 16.4. The van der Waals surface area contributed by atoms with E-state index >= 15 is 0 Å². The van der Waals surface area contributed by atoms with Crippen LogP contribution in [0, 0.1) is 0 Å². The molecule has 0 saturated heterocycles. The van der Waals surface area contributed by atoms with Crippen LogP contribution in [0.5, 0.6) is 0 Å². The van der Waals surface area contributed by atoms with Gasteiger partial charge < -0.3 is 15.4 Å². The third-order valence-corrected chi connectivity index (χ3v) is 4.56. The van der Waals surface area contributed by atoms with E-state index in [1.807, 2.05) is 24.3 Å². The van der Waals surface area contributed by atoms with Crippen molar-refractivity contribution in [1.82, 2.24) is 15.8 Å². The second-order valence-electron chi connectivity index (χ2n) is 6.67. The fourth-order valence-corrected chi connectivity index (χ4v) is 3.07. The van der Waals surface area contributed by atoms with Gasteiger partial charge in [0.25, 0.3) is 5.91 Å².